The van der Waals surface area contributed by atoms with Gasteiger partial charge in [0.1, 0.15) is 16.7 Å². The number of carbonyl (C=O) groups excluding carboxylic acids is 1. The molecule has 0 bridgehead atoms. The minimum Gasteiger partial charge on any atom is -0.487 e. The van der Waals surface area contributed by atoms with E-state index in [2.05, 4.69) is 4.90 Å². The first-order valence-corrected chi connectivity index (χ1v) is 14.8. The van der Waals surface area contributed by atoms with Crippen LogP contribution in [0, 0.1) is 5.92 Å². The van der Waals surface area contributed by atoms with Gasteiger partial charge in [-0.05, 0) is 30.2 Å². The molecule has 2 aromatic rings. The van der Waals surface area contributed by atoms with Gasteiger partial charge in [-0.1, -0.05) is 55.5 Å². The van der Waals surface area contributed by atoms with Crippen LogP contribution in [0.15, 0.2) is 53.4 Å². The summed E-state index contributed by atoms with van der Waals surface area (Å²) in [7, 11) is -2.18. The molecule has 3 atom stereocenters. The normalized spacial score (nSPS) is 22.9. The molecule has 2 heterocycles. The maximum absolute atomic E-state index is 13.7. The molecular weight excluding hydrogens is 518 g/mol. The molecule has 0 aliphatic carbocycles. The topological polar surface area (TPSA) is 99.6 Å². The number of hydrogen-bond acceptors (Lipinski definition) is 7. The Morgan fingerprint density at radius 3 is 2.51 bits per heavy atom. The first kappa shape index (κ1) is 29.2. The number of carbonyl (C=O) groups is 1. The van der Waals surface area contributed by atoms with Crippen molar-refractivity contribution >= 4 is 28.1 Å². The molecule has 39 heavy (non-hydrogen) atoms. The minimum absolute atomic E-state index is 0.0252. The van der Waals surface area contributed by atoms with E-state index in [4.69, 9.17) is 9.47 Å². The Hall–Kier alpha value is -2.76. The number of sulfonamides is 1. The molecule has 10 heteroatoms. The number of ether oxygens (including phenoxy) is 2. The molecule has 1 fully saturated rings. The highest BCUT2D eigenvalue weighted by Crippen LogP contribution is 2.34. The molecule has 2 aliphatic heterocycles. The van der Waals surface area contributed by atoms with Crippen molar-refractivity contribution in [3.8, 4) is 5.75 Å². The summed E-state index contributed by atoms with van der Waals surface area (Å²) in [5.74, 6) is -0.0299. The van der Waals surface area contributed by atoms with Gasteiger partial charge in [0, 0.05) is 38.6 Å². The molecule has 0 unspecified atom stereocenters. The van der Waals surface area contributed by atoms with E-state index >= 15 is 0 Å². The first-order chi connectivity index (χ1) is 18.7. The third-order valence-electron chi connectivity index (χ3n) is 7.30. The highest BCUT2D eigenvalue weighted by molar-refractivity contribution is 7.89. The number of rotatable bonds is 8. The summed E-state index contributed by atoms with van der Waals surface area (Å²) in [5, 5.41) is 9.86. The second-order valence-electron chi connectivity index (χ2n) is 10.4. The Balaban J connectivity index is 1.62. The van der Waals surface area contributed by atoms with Gasteiger partial charge in [-0.25, -0.2) is 8.42 Å². The van der Waals surface area contributed by atoms with Crippen molar-refractivity contribution in [1.29, 1.82) is 0 Å². The molecule has 0 aromatic heterocycles. The van der Waals surface area contributed by atoms with Crippen molar-refractivity contribution < 1.29 is 27.8 Å². The summed E-state index contributed by atoms with van der Waals surface area (Å²) >= 11 is 0. The SMILES string of the molecule is C[C@H]1CN([C@@H](C)CO)S(=O)(=O)c2ccc(/C=C/c3ccccc3)cc2O[C@H]1CN(C)C(=O)CN1CCOCC1. The van der Waals surface area contributed by atoms with E-state index in [1.54, 1.807) is 37.1 Å². The largest absolute Gasteiger partial charge is 0.487 e. The Labute approximate surface area is 231 Å². The second-order valence-corrected chi connectivity index (χ2v) is 12.2. The third kappa shape index (κ3) is 7.26. The van der Waals surface area contributed by atoms with Gasteiger partial charge < -0.3 is 19.5 Å². The molecule has 1 amide bonds. The summed E-state index contributed by atoms with van der Waals surface area (Å²) in [4.78, 5) is 16.8. The van der Waals surface area contributed by atoms with Gasteiger partial charge in [-0.2, -0.15) is 4.31 Å². The number of fused-ring (bicyclic) bond motifs is 1. The van der Waals surface area contributed by atoms with Gasteiger partial charge in [0.25, 0.3) is 0 Å². The maximum Gasteiger partial charge on any atom is 0.247 e. The van der Waals surface area contributed by atoms with Crippen LogP contribution in [0.2, 0.25) is 0 Å². The van der Waals surface area contributed by atoms with E-state index in [1.165, 1.54) is 4.31 Å². The standard InChI is InChI=1S/C29H39N3O6S/c1-22-18-32(23(2)21-33)39(35,36)28-12-11-25(10-9-24-7-5-4-6-8-24)17-26(28)38-27(22)19-30(3)29(34)20-31-13-15-37-16-14-31/h4-12,17,22-23,27,33H,13-16,18-21H2,1-3H3/b10-9+/t22-,23-,27-/m0/s1. The number of aliphatic hydroxyl groups excluding tert-OH is 1. The van der Waals surface area contributed by atoms with Crippen LogP contribution in [0.1, 0.15) is 25.0 Å². The van der Waals surface area contributed by atoms with Gasteiger partial charge in [-0.3, -0.25) is 9.69 Å². The van der Waals surface area contributed by atoms with Crippen LogP contribution in [0.4, 0.5) is 0 Å². The van der Waals surface area contributed by atoms with Crippen molar-refractivity contribution in [2.45, 2.75) is 30.9 Å². The second kappa shape index (κ2) is 13.1. The molecule has 9 nitrogen and oxygen atoms in total. The zero-order valence-electron chi connectivity index (χ0n) is 22.9. The van der Waals surface area contributed by atoms with Gasteiger partial charge in [-0.15, -0.1) is 0 Å². The number of morpholine rings is 1. The lowest BCUT2D eigenvalue weighted by Crippen LogP contribution is -2.51. The summed E-state index contributed by atoms with van der Waals surface area (Å²) in [6.45, 7) is 6.73. The van der Waals surface area contributed by atoms with Crippen LogP contribution in [0.3, 0.4) is 0 Å². The third-order valence-corrected chi connectivity index (χ3v) is 9.32. The highest BCUT2D eigenvalue weighted by Gasteiger charge is 2.38. The average molecular weight is 558 g/mol. The van der Waals surface area contributed by atoms with Crippen molar-refractivity contribution in [2.75, 3.05) is 59.6 Å². The predicted molar refractivity (Wildman–Crippen MR) is 151 cm³/mol. The fourth-order valence-corrected chi connectivity index (χ4v) is 6.59. The van der Waals surface area contributed by atoms with Crippen LogP contribution in [-0.2, 0) is 19.6 Å². The molecule has 212 valence electrons. The summed E-state index contributed by atoms with van der Waals surface area (Å²) in [5.41, 5.74) is 1.81. The fourth-order valence-electron chi connectivity index (χ4n) is 4.76. The molecule has 2 aliphatic rings. The van der Waals surface area contributed by atoms with E-state index in [9.17, 15) is 18.3 Å². The Morgan fingerprint density at radius 1 is 1.13 bits per heavy atom. The highest BCUT2D eigenvalue weighted by atomic mass is 32.2. The molecule has 1 N–H and O–H groups in total. The van der Waals surface area contributed by atoms with Crippen molar-refractivity contribution in [2.24, 2.45) is 5.92 Å². The van der Waals surface area contributed by atoms with Crippen LogP contribution in [0.25, 0.3) is 12.2 Å². The number of benzene rings is 2. The number of likely N-dealkylation sites (N-methyl/N-ethyl adjacent to an activating group) is 1. The van der Waals surface area contributed by atoms with E-state index in [0.717, 1.165) is 11.1 Å². The maximum atomic E-state index is 13.7. The van der Waals surface area contributed by atoms with Crippen LogP contribution >= 0.6 is 0 Å². The molecule has 0 radical (unpaired) electrons. The Morgan fingerprint density at radius 2 is 1.82 bits per heavy atom. The lowest BCUT2D eigenvalue weighted by Gasteiger charge is -2.38. The van der Waals surface area contributed by atoms with Crippen LogP contribution < -0.4 is 4.74 Å². The molecule has 2 aromatic carbocycles. The van der Waals surface area contributed by atoms with E-state index in [0.29, 0.717) is 39.4 Å². The summed E-state index contributed by atoms with van der Waals surface area (Å²) in [6, 6.07) is 14.3. The van der Waals surface area contributed by atoms with Crippen molar-refractivity contribution in [3.05, 3.63) is 59.7 Å². The quantitative estimate of drug-likeness (QED) is 0.498. The van der Waals surface area contributed by atoms with Crippen molar-refractivity contribution in [3.63, 3.8) is 0 Å². The first-order valence-electron chi connectivity index (χ1n) is 13.4. The number of nitrogens with zero attached hydrogens (tertiary/aromatic N) is 3. The zero-order chi connectivity index (χ0) is 28.0. The number of hydrogen-bond donors (Lipinski definition) is 1. The smallest absolute Gasteiger partial charge is 0.247 e. The monoisotopic (exact) mass is 557 g/mol. The molecule has 1 saturated heterocycles. The Bertz CT molecular complexity index is 1250. The van der Waals surface area contributed by atoms with E-state index < -0.39 is 22.2 Å². The molecule has 0 spiro atoms. The molecular formula is C29H39N3O6S. The Kier molecular flexibility index (Phi) is 9.79. The lowest BCUT2D eigenvalue weighted by molar-refractivity contribution is -0.133. The fraction of sp³-hybridized carbons (Fsp3) is 0.483. The van der Waals surface area contributed by atoms with E-state index in [1.807, 2.05) is 49.4 Å². The molecule has 0 saturated carbocycles. The predicted octanol–water partition coefficient (Wildman–Crippen LogP) is 2.42. The van der Waals surface area contributed by atoms with Crippen LogP contribution in [0.5, 0.6) is 5.75 Å². The minimum atomic E-state index is -3.93. The summed E-state index contributed by atoms with van der Waals surface area (Å²) < 4.78 is 40.6. The van der Waals surface area contributed by atoms with Gasteiger partial charge >= 0.3 is 0 Å². The molecule has 4 rings (SSSR count). The van der Waals surface area contributed by atoms with Gasteiger partial charge in [0.15, 0.2) is 0 Å². The average Bonchev–Trinajstić information content (AvgIpc) is 2.94. The van der Waals surface area contributed by atoms with Gasteiger partial charge in [0.05, 0.1) is 32.9 Å². The number of aliphatic hydroxyl groups is 1. The van der Waals surface area contributed by atoms with Crippen LogP contribution in [-0.4, -0.2) is 105 Å². The number of amides is 1. The van der Waals surface area contributed by atoms with Gasteiger partial charge in [0.2, 0.25) is 15.9 Å². The lowest BCUT2D eigenvalue weighted by atomic mass is 10.0. The van der Waals surface area contributed by atoms with E-state index in [-0.39, 0.29) is 35.6 Å². The zero-order valence-corrected chi connectivity index (χ0v) is 23.7. The van der Waals surface area contributed by atoms with Crippen molar-refractivity contribution in [1.82, 2.24) is 14.1 Å². The summed E-state index contributed by atoms with van der Waals surface area (Å²) in [6.07, 6.45) is 3.41.